The zero-order valence-corrected chi connectivity index (χ0v) is 19.5. The van der Waals surface area contributed by atoms with Crippen molar-refractivity contribution in [2.24, 2.45) is 16.8 Å². The summed E-state index contributed by atoms with van der Waals surface area (Å²) >= 11 is 0. The van der Waals surface area contributed by atoms with Crippen LogP contribution >= 0.6 is 0 Å². The summed E-state index contributed by atoms with van der Waals surface area (Å²) in [5.74, 6) is 1.71. The molecule has 0 aromatic heterocycles. The molecule has 0 radical (unpaired) electrons. The molecule has 32 heavy (non-hydrogen) atoms. The highest BCUT2D eigenvalue weighted by atomic mass is 19.1. The average molecular weight is 443 g/mol. The van der Waals surface area contributed by atoms with Gasteiger partial charge in [0.05, 0.1) is 24.7 Å². The second kappa shape index (κ2) is 11.3. The third-order valence-corrected chi connectivity index (χ3v) is 6.17. The van der Waals surface area contributed by atoms with Crippen LogP contribution in [0.15, 0.2) is 23.2 Å². The number of rotatable bonds is 5. The van der Waals surface area contributed by atoms with E-state index in [1.54, 1.807) is 12.1 Å². The largest absolute Gasteiger partial charge is 0.357 e. The number of halogens is 1. The van der Waals surface area contributed by atoms with Crippen LogP contribution in [0.5, 0.6) is 0 Å². The number of nitriles is 1. The highest BCUT2D eigenvalue weighted by Gasteiger charge is 2.28. The molecule has 2 aliphatic heterocycles. The molecule has 7 nitrogen and oxygen atoms in total. The lowest BCUT2D eigenvalue weighted by Crippen LogP contribution is -2.55. The standard InChI is InChI=1S/C24H35FN6O/c1-4-27-24(28-14-21-6-5-20(13-26)12-22(21)25)30-9-7-29(8-10-30)17-23(32)31-15-18(2)11-19(3)16-31/h5-6,12,18-19H,4,7-11,14-17H2,1-3H3,(H,27,28). The maximum atomic E-state index is 14.2. The van der Waals surface area contributed by atoms with Gasteiger partial charge in [0.25, 0.3) is 0 Å². The van der Waals surface area contributed by atoms with E-state index >= 15 is 0 Å². The Morgan fingerprint density at radius 2 is 1.88 bits per heavy atom. The lowest BCUT2D eigenvalue weighted by atomic mass is 9.92. The van der Waals surface area contributed by atoms with Crippen LogP contribution in [0.25, 0.3) is 0 Å². The minimum atomic E-state index is -0.409. The van der Waals surface area contributed by atoms with Gasteiger partial charge in [-0.3, -0.25) is 9.69 Å². The number of nitrogens with one attached hydrogen (secondary N) is 1. The second-order valence-electron chi connectivity index (χ2n) is 9.10. The maximum Gasteiger partial charge on any atom is 0.236 e. The summed E-state index contributed by atoms with van der Waals surface area (Å²) in [4.78, 5) is 23.8. The third kappa shape index (κ3) is 6.42. The van der Waals surface area contributed by atoms with E-state index in [1.165, 1.54) is 12.5 Å². The quantitative estimate of drug-likeness (QED) is 0.559. The van der Waals surface area contributed by atoms with Crippen molar-refractivity contribution in [3.8, 4) is 6.07 Å². The number of hydrogen-bond acceptors (Lipinski definition) is 4. The summed E-state index contributed by atoms with van der Waals surface area (Å²) in [6.45, 7) is 12.7. The molecule has 2 fully saturated rings. The van der Waals surface area contributed by atoms with E-state index in [0.29, 0.717) is 29.5 Å². The van der Waals surface area contributed by atoms with Crippen molar-refractivity contribution in [2.45, 2.75) is 33.7 Å². The fourth-order valence-electron chi connectivity index (χ4n) is 4.61. The Hall–Kier alpha value is -2.66. The van der Waals surface area contributed by atoms with E-state index in [2.05, 4.69) is 34.0 Å². The number of piperazine rings is 1. The van der Waals surface area contributed by atoms with Gasteiger partial charge in [-0.1, -0.05) is 19.9 Å². The molecule has 8 heteroatoms. The molecule has 1 N–H and O–H groups in total. The molecule has 3 rings (SSSR count). The monoisotopic (exact) mass is 442 g/mol. The summed E-state index contributed by atoms with van der Waals surface area (Å²) in [5.41, 5.74) is 0.773. The number of nitrogens with zero attached hydrogens (tertiary/aromatic N) is 5. The number of piperidine rings is 1. The van der Waals surface area contributed by atoms with Crippen molar-refractivity contribution in [2.75, 3.05) is 52.4 Å². The van der Waals surface area contributed by atoms with E-state index in [0.717, 1.165) is 51.8 Å². The molecule has 1 aromatic carbocycles. The normalized spacial score (nSPS) is 22.5. The number of carbonyl (C=O) groups is 1. The summed E-state index contributed by atoms with van der Waals surface area (Å²) in [6.07, 6.45) is 1.20. The van der Waals surface area contributed by atoms with Gasteiger partial charge in [0, 0.05) is 51.4 Å². The highest BCUT2D eigenvalue weighted by molar-refractivity contribution is 5.80. The Bertz CT molecular complexity index is 849. The molecular formula is C24H35FN6O. The minimum absolute atomic E-state index is 0.212. The Morgan fingerprint density at radius 3 is 2.47 bits per heavy atom. The molecule has 1 aromatic rings. The molecule has 0 aliphatic carbocycles. The molecule has 2 heterocycles. The van der Waals surface area contributed by atoms with Gasteiger partial charge in [0.15, 0.2) is 5.96 Å². The van der Waals surface area contributed by atoms with Crippen LogP contribution in [0.1, 0.15) is 38.3 Å². The predicted molar refractivity (Wildman–Crippen MR) is 123 cm³/mol. The third-order valence-electron chi connectivity index (χ3n) is 6.17. The van der Waals surface area contributed by atoms with Gasteiger partial charge in [0.1, 0.15) is 5.82 Å². The number of hydrogen-bond donors (Lipinski definition) is 1. The molecule has 174 valence electrons. The lowest BCUT2D eigenvalue weighted by molar-refractivity contribution is -0.135. The molecule has 0 spiro atoms. The van der Waals surface area contributed by atoms with Crippen LogP contribution in [0.2, 0.25) is 0 Å². The van der Waals surface area contributed by atoms with Crippen molar-refractivity contribution >= 4 is 11.9 Å². The first-order valence-electron chi connectivity index (χ1n) is 11.6. The fourth-order valence-corrected chi connectivity index (χ4v) is 4.61. The Morgan fingerprint density at radius 1 is 1.19 bits per heavy atom. The van der Waals surface area contributed by atoms with E-state index in [-0.39, 0.29) is 12.5 Å². The van der Waals surface area contributed by atoms with Gasteiger partial charge in [0.2, 0.25) is 5.91 Å². The Kier molecular flexibility index (Phi) is 8.46. The number of benzene rings is 1. The van der Waals surface area contributed by atoms with Crippen molar-refractivity contribution < 1.29 is 9.18 Å². The molecule has 1 amide bonds. The first kappa shape index (κ1) is 24.0. The topological polar surface area (TPSA) is 75.0 Å². The SMILES string of the molecule is CCNC(=NCc1ccc(C#N)cc1F)N1CCN(CC(=O)N2CC(C)CC(C)C2)CC1. The number of aliphatic imine (C=N–C) groups is 1. The van der Waals surface area contributed by atoms with Crippen LogP contribution in [0.4, 0.5) is 4.39 Å². The zero-order valence-electron chi connectivity index (χ0n) is 19.5. The number of carbonyl (C=O) groups excluding carboxylic acids is 1. The Labute approximate surface area is 190 Å². The van der Waals surface area contributed by atoms with E-state index in [9.17, 15) is 9.18 Å². The summed E-state index contributed by atoms with van der Waals surface area (Å²) in [7, 11) is 0. The summed E-state index contributed by atoms with van der Waals surface area (Å²) in [6, 6.07) is 6.42. The highest BCUT2D eigenvalue weighted by Crippen LogP contribution is 2.21. The minimum Gasteiger partial charge on any atom is -0.357 e. The van der Waals surface area contributed by atoms with E-state index in [4.69, 9.17) is 5.26 Å². The molecule has 2 aliphatic rings. The van der Waals surface area contributed by atoms with Gasteiger partial charge in [-0.25, -0.2) is 9.38 Å². The Balaban J connectivity index is 1.54. The molecule has 2 unspecified atom stereocenters. The van der Waals surface area contributed by atoms with Crippen LogP contribution in [-0.2, 0) is 11.3 Å². The van der Waals surface area contributed by atoms with Crippen molar-refractivity contribution in [3.63, 3.8) is 0 Å². The smallest absolute Gasteiger partial charge is 0.236 e. The molecule has 0 bridgehead atoms. The van der Waals surface area contributed by atoms with E-state index < -0.39 is 5.82 Å². The van der Waals surface area contributed by atoms with E-state index in [1.807, 2.05) is 17.9 Å². The predicted octanol–water partition coefficient (Wildman–Crippen LogP) is 2.28. The van der Waals surface area contributed by atoms with Crippen molar-refractivity contribution in [1.82, 2.24) is 20.0 Å². The first-order valence-corrected chi connectivity index (χ1v) is 11.6. The lowest BCUT2D eigenvalue weighted by Gasteiger charge is -2.39. The summed E-state index contributed by atoms with van der Waals surface area (Å²) in [5, 5.41) is 12.2. The van der Waals surface area contributed by atoms with Crippen LogP contribution in [0.3, 0.4) is 0 Å². The van der Waals surface area contributed by atoms with Crippen molar-refractivity contribution in [1.29, 1.82) is 5.26 Å². The van der Waals surface area contributed by atoms with Crippen LogP contribution < -0.4 is 5.32 Å². The zero-order chi connectivity index (χ0) is 23.1. The molecule has 2 atom stereocenters. The van der Waals surface area contributed by atoms with Gasteiger partial charge < -0.3 is 15.1 Å². The van der Waals surface area contributed by atoms with Gasteiger partial charge in [-0.15, -0.1) is 0 Å². The van der Waals surface area contributed by atoms with Gasteiger partial charge in [-0.05, 0) is 37.3 Å². The summed E-state index contributed by atoms with van der Waals surface area (Å²) < 4.78 is 14.2. The molecule has 0 saturated carbocycles. The molecular weight excluding hydrogens is 407 g/mol. The van der Waals surface area contributed by atoms with Gasteiger partial charge >= 0.3 is 0 Å². The van der Waals surface area contributed by atoms with Crippen LogP contribution in [-0.4, -0.2) is 78.9 Å². The van der Waals surface area contributed by atoms with Crippen LogP contribution in [0, 0.1) is 29.0 Å². The number of guanidine groups is 1. The fraction of sp³-hybridized carbons (Fsp3) is 0.625. The number of amides is 1. The van der Waals surface area contributed by atoms with Gasteiger partial charge in [-0.2, -0.15) is 5.26 Å². The maximum absolute atomic E-state index is 14.2. The second-order valence-corrected chi connectivity index (χ2v) is 9.10. The average Bonchev–Trinajstić information content (AvgIpc) is 2.77. The number of likely N-dealkylation sites (tertiary alicyclic amines) is 1. The first-order chi connectivity index (χ1) is 15.4. The van der Waals surface area contributed by atoms with Crippen molar-refractivity contribution in [3.05, 3.63) is 35.1 Å². The molecule has 2 saturated heterocycles.